The molecule has 9 nitrogen and oxygen atoms in total. The number of benzene rings is 2. The maximum atomic E-state index is 13.1. The zero-order chi connectivity index (χ0) is 22.2. The number of sulfonamides is 2. The predicted molar refractivity (Wildman–Crippen MR) is 112 cm³/mol. The van der Waals surface area contributed by atoms with Gasteiger partial charge in [0.2, 0.25) is 26.0 Å². The van der Waals surface area contributed by atoms with Crippen LogP contribution < -0.4 is 5.32 Å². The fourth-order valence-electron chi connectivity index (χ4n) is 3.74. The van der Waals surface area contributed by atoms with Crippen LogP contribution in [0.5, 0.6) is 0 Å². The van der Waals surface area contributed by atoms with Crippen LogP contribution in [0.3, 0.4) is 0 Å². The van der Waals surface area contributed by atoms with Crippen molar-refractivity contribution in [2.45, 2.75) is 22.6 Å². The summed E-state index contributed by atoms with van der Waals surface area (Å²) in [5.41, 5.74) is 1.43. The lowest BCUT2D eigenvalue weighted by molar-refractivity contribution is -0.116. The summed E-state index contributed by atoms with van der Waals surface area (Å²) in [6.45, 7) is -0.0150. The fourth-order valence-corrected chi connectivity index (χ4v) is 6.78. The molecule has 0 aromatic heterocycles. The van der Waals surface area contributed by atoms with Gasteiger partial charge in [-0.25, -0.2) is 16.8 Å². The first-order chi connectivity index (χ1) is 14.7. The molecule has 0 aliphatic carbocycles. The first-order valence-electron chi connectivity index (χ1n) is 9.66. The van der Waals surface area contributed by atoms with Crippen LogP contribution in [0.1, 0.15) is 17.5 Å². The number of carbonyl (C=O) groups is 1. The molecule has 1 saturated heterocycles. The fraction of sp³-hybridized carbons (Fsp3) is 0.300. The molecule has 31 heavy (non-hydrogen) atoms. The molecule has 2 aromatic rings. The van der Waals surface area contributed by atoms with Gasteiger partial charge < -0.3 is 5.32 Å². The molecule has 0 bridgehead atoms. The molecule has 11 heteroatoms. The minimum absolute atomic E-state index is 0.00407. The maximum absolute atomic E-state index is 13.1. The second-order valence-corrected chi connectivity index (χ2v) is 11.1. The van der Waals surface area contributed by atoms with Crippen LogP contribution in [0.15, 0.2) is 52.3 Å². The average Bonchev–Trinajstić information content (AvgIpc) is 2.78. The van der Waals surface area contributed by atoms with Crippen LogP contribution in [-0.4, -0.2) is 57.5 Å². The molecule has 1 fully saturated rings. The van der Waals surface area contributed by atoms with Crippen molar-refractivity contribution in [3.63, 3.8) is 0 Å². The van der Waals surface area contributed by atoms with Crippen molar-refractivity contribution in [2.24, 2.45) is 0 Å². The molecule has 1 amide bonds. The SMILES string of the molecule is N#Cc1ccccc1S(=O)(=O)N1CCN(S(=O)(=O)c2ccc3c(c2)CCC(=O)N3)CC1. The van der Waals surface area contributed by atoms with Crippen molar-refractivity contribution < 1.29 is 21.6 Å². The number of hydrogen-bond donors (Lipinski definition) is 1. The number of nitriles is 1. The summed E-state index contributed by atoms with van der Waals surface area (Å²) in [6, 6.07) is 12.4. The second-order valence-electron chi connectivity index (χ2n) is 7.28. The second kappa shape index (κ2) is 8.05. The van der Waals surface area contributed by atoms with Crippen LogP contribution in [-0.2, 0) is 31.3 Å². The highest BCUT2D eigenvalue weighted by molar-refractivity contribution is 7.89. The molecule has 2 aromatic carbocycles. The third kappa shape index (κ3) is 3.95. The van der Waals surface area contributed by atoms with Crippen molar-refractivity contribution in [1.29, 1.82) is 5.26 Å². The van der Waals surface area contributed by atoms with Gasteiger partial charge in [-0.15, -0.1) is 0 Å². The standard InChI is InChI=1S/C20H20N4O5S2/c21-14-16-3-1-2-4-19(16)31(28,29)24-11-9-23(10-12-24)30(26,27)17-6-7-18-15(13-17)5-8-20(25)22-18/h1-4,6-7,13H,5,8-12H2,(H,22,25). The number of amides is 1. The Morgan fingerprint density at radius 1 is 0.871 bits per heavy atom. The summed E-state index contributed by atoms with van der Waals surface area (Å²) in [7, 11) is -7.72. The number of carbonyl (C=O) groups excluding carboxylic acids is 1. The molecule has 0 spiro atoms. The molecule has 2 aliphatic heterocycles. The minimum Gasteiger partial charge on any atom is -0.326 e. The molecule has 2 aliphatic rings. The van der Waals surface area contributed by atoms with Crippen LogP contribution in [0, 0.1) is 11.3 Å². The Morgan fingerprint density at radius 3 is 2.19 bits per heavy atom. The van der Waals surface area contributed by atoms with Crippen LogP contribution in [0.25, 0.3) is 0 Å². The van der Waals surface area contributed by atoms with E-state index in [0.717, 1.165) is 5.56 Å². The van der Waals surface area contributed by atoms with E-state index in [4.69, 9.17) is 0 Å². The number of fused-ring (bicyclic) bond motifs is 1. The monoisotopic (exact) mass is 460 g/mol. The van der Waals surface area contributed by atoms with E-state index in [1.54, 1.807) is 24.3 Å². The number of nitrogens with one attached hydrogen (secondary N) is 1. The van der Waals surface area contributed by atoms with Gasteiger partial charge in [0.25, 0.3) is 0 Å². The van der Waals surface area contributed by atoms with Crippen molar-refractivity contribution in [3.8, 4) is 6.07 Å². The van der Waals surface area contributed by atoms with Crippen molar-refractivity contribution in [1.82, 2.24) is 8.61 Å². The van der Waals surface area contributed by atoms with Gasteiger partial charge in [0.1, 0.15) is 6.07 Å². The lowest BCUT2D eigenvalue weighted by Gasteiger charge is -2.33. The van der Waals surface area contributed by atoms with Gasteiger partial charge in [-0.05, 0) is 42.3 Å². The zero-order valence-corrected chi connectivity index (χ0v) is 18.1. The van der Waals surface area contributed by atoms with Crippen molar-refractivity contribution in [2.75, 3.05) is 31.5 Å². The van der Waals surface area contributed by atoms with Crippen LogP contribution in [0.4, 0.5) is 5.69 Å². The number of rotatable bonds is 4. The third-order valence-electron chi connectivity index (χ3n) is 5.43. The molecule has 162 valence electrons. The summed E-state index contributed by atoms with van der Waals surface area (Å²) < 4.78 is 54.6. The summed E-state index contributed by atoms with van der Waals surface area (Å²) in [4.78, 5) is 11.5. The minimum atomic E-state index is -3.91. The van der Waals surface area contributed by atoms with E-state index in [1.807, 2.05) is 6.07 Å². The van der Waals surface area contributed by atoms with E-state index in [0.29, 0.717) is 18.5 Å². The van der Waals surface area contributed by atoms with Gasteiger partial charge in [0, 0.05) is 38.3 Å². The number of hydrogen-bond acceptors (Lipinski definition) is 6. The normalized spacial score (nSPS) is 18.1. The lowest BCUT2D eigenvalue weighted by atomic mass is 10.0. The highest BCUT2D eigenvalue weighted by Crippen LogP contribution is 2.28. The van der Waals surface area contributed by atoms with Crippen LogP contribution >= 0.6 is 0 Å². The van der Waals surface area contributed by atoms with E-state index in [-0.39, 0.29) is 47.4 Å². The third-order valence-corrected chi connectivity index (χ3v) is 9.28. The molecule has 0 unspecified atom stereocenters. The summed E-state index contributed by atoms with van der Waals surface area (Å²) in [5, 5.41) is 11.9. The van der Waals surface area contributed by atoms with E-state index in [1.165, 1.54) is 26.8 Å². The summed E-state index contributed by atoms with van der Waals surface area (Å²) >= 11 is 0. The maximum Gasteiger partial charge on any atom is 0.244 e. The molecular weight excluding hydrogens is 440 g/mol. The first kappa shape index (κ1) is 21.5. The number of anilines is 1. The molecule has 0 saturated carbocycles. The average molecular weight is 461 g/mol. The van der Waals surface area contributed by atoms with Crippen molar-refractivity contribution >= 4 is 31.6 Å². The largest absolute Gasteiger partial charge is 0.326 e. The molecular formula is C20H20N4O5S2. The Hall–Kier alpha value is -2.78. The molecule has 0 radical (unpaired) electrons. The van der Waals surface area contributed by atoms with Gasteiger partial charge >= 0.3 is 0 Å². The smallest absolute Gasteiger partial charge is 0.244 e. The van der Waals surface area contributed by atoms with Gasteiger partial charge in [-0.1, -0.05) is 12.1 Å². The topological polar surface area (TPSA) is 128 Å². The van der Waals surface area contributed by atoms with E-state index in [2.05, 4.69) is 5.32 Å². The number of aryl methyl sites for hydroxylation is 1. The van der Waals surface area contributed by atoms with Gasteiger partial charge in [-0.2, -0.15) is 13.9 Å². The highest BCUT2D eigenvalue weighted by Gasteiger charge is 2.35. The molecule has 4 rings (SSSR count). The van der Waals surface area contributed by atoms with Gasteiger partial charge in [0.05, 0.1) is 15.4 Å². The van der Waals surface area contributed by atoms with Gasteiger partial charge in [0.15, 0.2) is 0 Å². The Labute approximate surface area is 181 Å². The summed E-state index contributed by atoms with van der Waals surface area (Å²) in [5.74, 6) is -0.0987. The Bertz CT molecular complexity index is 1290. The highest BCUT2D eigenvalue weighted by atomic mass is 32.2. The molecule has 0 atom stereocenters. The number of piperazine rings is 1. The van der Waals surface area contributed by atoms with E-state index in [9.17, 15) is 26.9 Å². The van der Waals surface area contributed by atoms with Crippen LogP contribution in [0.2, 0.25) is 0 Å². The van der Waals surface area contributed by atoms with Gasteiger partial charge in [-0.3, -0.25) is 4.79 Å². The lowest BCUT2D eigenvalue weighted by Crippen LogP contribution is -2.50. The quantitative estimate of drug-likeness (QED) is 0.729. The van der Waals surface area contributed by atoms with E-state index >= 15 is 0 Å². The van der Waals surface area contributed by atoms with Crippen molar-refractivity contribution in [3.05, 3.63) is 53.6 Å². The summed E-state index contributed by atoms with van der Waals surface area (Å²) in [6.07, 6.45) is 0.770. The Kier molecular flexibility index (Phi) is 5.57. The number of nitrogens with zero attached hydrogens (tertiary/aromatic N) is 3. The first-order valence-corrected chi connectivity index (χ1v) is 12.5. The van der Waals surface area contributed by atoms with E-state index < -0.39 is 20.0 Å². The Morgan fingerprint density at radius 2 is 1.52 bits per heavy atom. The Balaban J connectivity index is 1.52. The molecule has 1 N–H and O–H groups in total. The predicted octanol–water partition coefficient (Wildman–Crippen LogP) is 1.14. The zero-order valence-electron chi connectivity index (χ0n) is 16.5. The molecule has 2 heterocycles.